The minimum Gasteiger partial charge on any atom is -0.510 e. The summed E-state index contributed by atoms with van der Waals surface area (Å²) in [5, 5.41) is 45.2. The summed E-state index contributed by atoms with van der Waals surface area (Å²) in [6.07, 6.45) is 2.52. The van der Waals surface area contributed by atoms with Gasteiger partial charge >= 0.3 is 0 Å². The van der Waals surface area contributed by atoms with Crippen molar-refractivity contribution in [3.63, 3.8) is 0 Å². The summed E-state index contributed by atoms with van der Waals surface area (Å²) in [7, 11) is 6.72. The van der Waals surface area contributed by atoms with Crippen molar-refractivity contribution in [1.82, 2.24) is 9.80 Å². The van der Waals surface area contributed by atoms with E-state index in [1.165, 1.54) is 18.1 Å². The number of aliphatic hydroxyl groups excluding tert-OH is 2. The van der Waals surface area contributed by atoms with Crippen LogP contribution in [0.15, 0.2) is 28.7 Å². The van der Waals surface area contributed by atoms with Crippen molar-refractivity contribution in [2.75, 3.05) is 28.3 Å². The Bertz CT molecular complexity index is 1420. The highest BCUT2D eigenvalue weighted by Crippen LogP contribution is 2.53. The highest BCUT2D eigenvalue weighted by molar-refractivity contribution is 6.24. The highest BCUT2D eigenvalue weighted by Gasteiger charge is 2.63. The number of rotatable bonds is 7. The summed E-state index contributed by atoms with van der Waals surface area (Å²) < 4.78 is 5.82. The number of carbonyl (C=O) groups excluding carboxylic acids is 3. The van der Waals surface area contributed by atoms with Gasteiger partial charge in [-0.05, 0) is 78.6 Å². The van der Waals surface area contributed by atoms with E-state index in [4.69, 9.17) is 10.5 Å². The van der Waals surface area contributed by atoms with Crippen LogP contribution >= 0.6 is 0 Å². The average molecular weight is 570 g/mol. The largest absolute Gasteiger partial charge is 0.510 e. The second-order valence-corrected chi connectivity index (χ2v) is 12.7. The number of hydrogen-bond donors (Lipinski definition) is 5. The van der Waals surface area contributed by atoms with Gasteiger partial charge in [-0.15, -0.1) is 0 Å². The van der Waals surface area contributed by atoms with Crippen molar-refractivity contribution in [2.45, 2.75) is 63.3 Å². The lowest BCUT2D eigenvalue weighted by atomic mass is 9.58. The predicted octanol–water partition coefficient (Wildman–Crippen LogP) is 1.75. The first kappa shape index (κ1) is 29.1. The lowest BCUT2D eigenvalue weighted by molar-refractivity contribution is -0.148. The van der Waals surface area contributed by atoms with Gasteiger partial charge in [0.2, 0.25) is 5.78 Å². The third-order valence-corrected chi connectivity index (χ3v) is 9.92. The number of nitrogens with zero attached hydrogens (tertiary/aromatic N) is 2. The molecule has 1 fully saturated rings. The molecule has 0 unspecified atom stereocenters. The third kappa shape index (κ3) is 4.08. The van der Waals surface area contributed by atoms with Crippen LogP contribution in [0, 0.1) is 17.8 Å². The second kappa shape index (κ2) is 9.57. The zero-order valence-corrected chi connectivity index (χ0v) is 24.3. The van der Waals surface area contributed by atoms with Gasteiger partial charge in [0.15, 0.2) is 11.4 Å². The minimum absolute atomic E-state index is 0.0223. The minimum atomic E-state index is -2.67. The van der Waals surface area contributed by atoms with Gasteiger partial charge in [-0.1, -0.05) is 0 Å². The number of carbonyl (C=O) groups is 3. The maximum atomic E-state index is 13.9. The Morgan fingerprint density at radius 3 is 2.34 bits per heavy atom. The van der Waals surface area contributed by atoms with Crippen molar-refractivity contribution in [3.05, 3.63) is 45.4 Å². The third-order valence-electron chi connectivity index (χ3n) is 9.92. The fourth-order valence-corrected chi connectivity index (χ4v) is 7.30. The number of phenols is 1. The number of primary amides is 1. The van der Waals surface area contributed by atoms with Crippen molar-refractivity contribution in [2.24, 2.45) is 23.5 Å². The predicted molar refractivity (Wildman–Crippen MR) is 148 cm³/mol. The summed E-state index contributed by atoms with van der Waals surface area (Å²) in [6, 6.07) is 0.452. The summed E-state index contributed by atoms with van der Waals surface area (Å²) in [6.45, 7) is 4.83. The molecule has 0 aliphatic heterocycles. The van der Waals surface area contributed by atoms with Crippen LogP contribution in [0.1, 0.15) is 54.6 Å². The first-order valence-electron chi connectivity index (χ1n) is 13.9. The molecule has 11 nitrogen and oxygen atoms in total. The Labute approximate surface area is 238 Å². The number of hydrogen-bond acceptors (Lipinski definition) is 10. The lowest BCUT2D eigenvalue weighted by Gasteiger charge is -2.50. The summed E-state index contributed by atoms with van der Waals surface area (Å²) in [4.78, 5) is 43.2. The average Bonchev–Trinajstić information content (AvgIpc) is 3.72. The Kier molecular flexibility index (Phi) is 6.79. The van der Waals surface area contributed by atoms with Gasteiger partial charge in [-0.2, -0.15) is 0 Å². The van der Waals surface area contributed by atoms with Crippen LogP contribution in [0.4, 0.5) is 0 Å². The molecule has 0 aromatic heterocycles. The van der Waals surface area contributed by atoms with Crippen molar-refractivity contribution in [1.29, 1.82) is 0 Å². The molecular weight excluding hydrogens is 530 g/mol. The molecule has 4 aliphatic rings. The molecule has 1 amide bonds. The Morgan fingerprint density at radius 2 is 1.80 bits per heavy atom. The molecule has 1 aromatic rings. The zero-order valence-electron chi connectivity index (χ0n) is 24.3. The maximum Gasteiger partial charge on any atom is 0.255 e. The van der Waals surface area contributed by atoms with E-state index in [0.29, 0.717) is 29.3 Å². The van der Waals surface area contributed by atoms with Crippen LogP contribution < -0.4 is 10.5 Å². The molecule has 0 bridgehead atoms. The van der Waals surface area contributed by atoms with E-state index >= 15 is 0 Å². The number of amides is 1. The van der Waals surface area contributed by atoms with Crippen molar-refractivity contribution in [3.8, 4) is 11.5 Å². The van der Waals surface area contributed by atoms with E-state index in [1.807, 2.05) is 7.05 Å². The highest BCUT2D eigenvalue weighted by atomic mass is 16.5. The van der Waals surface area contributed by atoms with E-state index in [-0.39, 0.29) is 35.3 Å². The van der Waals surface area contributed by atoms with Gasteiger partial charge in [0.1, 0.15) is 28.6 Å². The number of phenolic OH excluding ortho intramolecular Hbond substituents is 1. The Morgan fingerprint density at radius 1 is 1.17 bits per heavy atom. The number of likely N-dealkylation sites (N-methyl/N-ethyl adjacent to an activating group) is 1. The van der Waals surface area contributed by atoms with Gasteiger partial charge in [0, 0.05) is 34.7 Å². The van der Waals surface area contributed by atoms with Crippen LogP contribution in [-0.4, -0.2) is 93.1 Å². The molecule has 222 valence electrons. The van der Waals surface area contributed by atoms with Gasteiger partial charge in [0.05, 0.1) is 18.7 Å². The molecule has 0 spiro atoms. The van der Waals surface area contributed by atoms with Gasteiger partial charge < -0.3 is 30.9 Å². The Hall–Kier alpha value is -3.41. The first-order valence-corrected chi connectivity index (χ1v) is 13.9. The fourth-order valence-electron chi connectivity index (χ4n) is 7.30. The van der Waals surface area contributed by atoms with Crippen molar-refractivity contribution >= 4 is 17.5 Å². The number of nitrogens with two attached hydrogens (primary N) is 1. The smallest absolute Gasteiger partial charge is 0.255 e. The number of allylic oxidation sites excluding steroid dienone is 1. The Balaban J connectivity index is 1.63. The summed E-state index contributed by atoms with van der Waals surface area (Å²) in [5.41, 5.74) is 2.76. The van der Waals surface area contributed by atoms with E-state index in [2.05, 4.69) is 18.7 Å². The second-order valence-electron chi connectivity index (χ2n) is 12.7. The summed E-state index contributed by atoms with van der Waals surface area (Å²) >= 11 is 0. The lowest BCUT2D eigenvalue weighted by Crippen LogP contribution is -2.63. The van der Waals surface area contributed by atoms with Gasteiger partial charge in [0.25, 0.3) is 5.91 Å². The molecule has 6 N–H and O–H groups in total. The molecule has 0 radical (unpaired) electrons. The van der Waals surface area contributed by atoms with Gasteiger partial charge in [-0.25, -0.2) is 0 Å². The molecule has 41 heavy (non-hydrogen) atoms. The van der Waals surface area contributed by atoms with Crippen molar-refractivity contribution < 1.29 is 39.5 Å². The fraction of sp³-hybridized carbons (Fsp3) is 0.567. The number of benzene rings is 1. The molecule has 1 aromatic carbocycles. The maximum absolute atomic E-state index is 13.9. The zero-order chi connectivity index (χ0) is 30.3. The molecule has 4 atom stereocenters. The van der Waals surface area contributed by atoms with Gasteiger partial charge in [-0.3, -0.25) is 24.2 Å². The van der Waals surface area contributed by atoms with E-state index < -0.39 is 58.0 Å². The molecule has 11 heteroatoms. The number of aliphatic hydroxyl groups is 3. The van der Waals surface area contributed by atoms with Crippen LogP contribution in [0.5, 0.6) is 11.5 Å². The van der Waals surface area contributed by atoms with Crippen LogP contribution in [0.2, 0.25) is 0 Å². The molecule has 1 saturated carbocycles. The molecule has 0 saturated heterocycles. The molecule has 4 aliphatic carbocycles. The standard InChI is InChI=1S/C30H39N3O8/c1-29(2,15-7-8-15)33(5)12-14-11-18(34)20-16(25(14)41-6)9-13-10-17-22(32(3)4)24(36)21(28(31)39)27(38)30(17,40)26(37)19(13)23(20)35/h11,13,15,17,22,34,36-37,40H,7-10,12H2,1-6H3,(H2,31,39)/t13-,17-,22-,30-/m0/s1. The normalized spacial score (nSPS) is 28.2. The van der Waals surface area contributed by atoms with Crippen LogP contribution in [0.25, 0.3) is 0 Å². The van der Waals surface area contributed by atoms with E-state index in [0.717, 1.165) is 12.8 Å². The summed E-state index contributed by atoms with van der Waals surface area (Å²) in [5.74, 6) is -5.72. The number of ether oxygens (including phenoxy) is 1. The quantitative estimate of drug-likeness (QED) is 0.304. The SMILES string of the molecule is COc1c(CN(C)C(C)(C)C2CC2)cc(O)c2c1C[C@H]1C[C@H]3[C@H](N(C)C)C(O)=C(C(N)=O)C(=O)[C@@]3(O)C(O)=C1C2=O. The number of methoxy groups -OCH3 is 1. The molecule has 5 rings (SSSR count). The number of Topliss-reactive ketones (excluding diaryl/α,β-unsaturated/α-hetero) is 2. The van der Waals surface area contributed by atoms with E-state index in [1.54, 1.807) is 14.1 Å². The number of aromatic hydroxyl groups is 1. The topological polar surface area (TPSA) is 174 Å². The van der Waals surface area contributed by atoms with E-state index in [9.17, 15) is 34.8 Å². The monoisotopic (exact) mass is 569 g/mol. The molecule has 0 heterocycles. The van der Waals surface area contributed by atoms with Crippen LogP contribution in [0.3, 0.4) is 0 Å². The molecular formula is C30H39N3O8. The number of fused-ring (bicyclic) bond motifs is 3. The number of ketones is 2. The first-order chi connectivity index (χ1) is 19.1. The van der Waals surface area contributed by atoms with Crippen LogP contribution in [-0.2, 0) is 22.6 Å².